The highest BCUT2D eigenvalue weighted by Crippen LogP contribution is 2.55. The summed E-state index contributed by atoms with van der Waals surface area (Å²) in [5, 5.41) is 10.1. The molecule has 1 nitrogen and oxygen atoms in total. The van der Waals surface area contributed by atoms with E-state index < -0.39 is 0 Å². The maximum absolute atomic E-state index is 10.0. The second-order valence-electron chi connectivity index (χ2n) is 4.88. The van der Waals surface area contributed by atoms with Gasteiger partial charge in [-0.2, -0.15) is 0 Å². The zero-order valence-corrected chi connectivity index (χ0v) is 11.2. The van der Waals surface area contributed by atoms with Crippen LogP contribution in [0.15, 0.2) is 18.2 Å². The van der Waals surface area contributed by atoms with E-state index in [-0.39, 0.29) is 5.38 Å². The molecule has 2 bridgehead atoms. The van der Waals surface area contributed by atoms with Crippen molar-refractivity contribution in [1.82, 2.24) is 0 Å². The van der Waals surface area contributed by atoms with Crippen LogP contribution in [-0.2, 0) is 0 Å². The molecule has 0 spiro atoms. The van der Waals surface area contributed by atoms with Crippen molar-refractivity contribution < 1.29 is 5.11 Å². The van der Waals surface area contributed by atoms with Crippen LogP contribution < -0.4 is 0 Å². The molecule has 16 heavy (non-hydrogen) atoms. The fourth-order valence-electron chi connectivity index (χ4n) is 3.20. The normalized spacial score (nSPS) is 36.9. The van der Waals surface area contributed by atoms with Gasteiger partial charge in [0.1, 0.15) is 5.75 Å². The third-order valence-corrected chi connectivity index (χ3v) is 5.69. The van der Waals surface area contributed by atoms with Crippen LogP contribution in [0.4, 0.5) is 0 Å². The van der Waals surface area contributed by atoms with Crippen LogP contribution in [0.1, 0.15) is 41.7 Å². The molecule has 1 aromatic carbocycles. The smallest absolute Gasteiger partial charge is 0.119 e. The number of alkyl halides is 2. The van der Waals surface area contributed by atoms with E-state index in [1.807, 2.05) is 6.07 Å². The number of fused-ring (bicyclic) bond motifs is 4. The van der Waals surface area contributed by atoms with E-state index in [2.05, 4.69) is 22.0 Å². The maximum Gasteiger partial charge on any atom is 0.119 e. The standard InChI is InChI=1S/C13H14BrClO/c14-10-5-4-7-6-9(10)12-8(13(7)15)2-1-3-11(12)16/h1-3,7,9-10,13,16H,4-6H2. The van der Waals surface area contributed by atoms with Gasteiger partial charge in [-0.1, -0.05) is 28.1 Å². The molecule has 4 atom stereocenters. The molecule has 1 N–H and O–H groups in total. The molecule has 3 heteroatoms. The summed E-state index contributed by atoms with van der Waals surface area (Å²) in [5.41, 5.74) is 2.23. The summed E-state index contributed by atoms with van der Waals surface area (Å²) in [6.45, 7) is 0. The molecule has 0 aliphatic heterocycles. The molecule has 0 radical (unpaired) electrons. The zero-order valence-electron chi connectivity index (χ0n) is 8.87. The van der Waals surface area contributed by atoms with Crippen LogP contribution in [0, 0.1) is 5.92 Å². The number of halogens is 2. The van der Waals surface area contributed by atoms with Crippen molar-refractivity contribution in [3.8, 4) is 5.75 Å². The number of hydrogen-bond donors (Lipinski definition) is 1. The summed E-state index contributed by atoms with van der Waals surface area (Å²) >= 11 is 10.3. The van der Waals surface area contributed by atoms with Crippen molar-refractivity contribution in [2.75, 3.05) is 0 Å². The van der Waals surface area contributed by atoms with Crippen molar-refractivity contribution in [3.05, 3.63) is 29.3 Å². The molecule has 0 saturated heterocycles. The van der Waals surface area contributed by atoms with Gasteiger partial charge < -0.3 is 5.11 Å². The van der Waals surface area contributed by atoms with Gasteiger partial charge in [-0.15, -0.1) is 11.6 Å². The molecule has 1 aromatic rings. The van der Waals surface area contributed by atoms with Gasteiger partial charge in [0.15, 0.2) is 0 Å². The number of aromatic hydroxyl groups is 1. The average Bonchev–Trinajstić information content (AvgIpc) is 2.29. The summed E-state index contributed by atoms with van der Waals surface area (Å²) in [6, 6.07) is 5.74. The Balaban J connectivity index is 2.16. The highest BCUT2D eigenvalue weighted by molar-refractivity contribution is 9.09. The lowest BCUT2D eigenvalue weighted by molar-refractivity contribution is 0.294. The lowest BCUT2D eigenvalue weighted by Crippen LogP contribution is -2.31. The van der Waals surface area contributed by atoms with Crippen molar-refractivity contribution in [2.24, 2.45) is 5.92 Å². The third-order valence-electron chi connectivity index (χ3n) is 4.01. The number of hydrogen-bond acceptors (Lipinski definition) is 1. The van der Waals surface area contributed by atoms with Gasteiger partial charge in [-0.3, -0.25) is 0 Å². The molecule has 0 amide bonds. The van der Waals surface area contributed by atoms with Crippen LogP contribution >= 0.6 is 27.5 Å². The largest absolute Gasteiger partial charge is 0.508 e. The second kappa shape index (κ2) is 3.92. The van der Waals surface area contributed by atoms with Gasteiger partial charge in [0.05, 0.1) is 5.38 Å². The van der Waals surface area contributed by atoms with Gasteiger partial charge in [0.2, 0.25) is 0 Å². The minimum atomic E-state index is 0.0818. The van der Waals surface area contributed by atoms with E-state index in [4.69, 9.17) is 11.6 Å². The Morgan fingerprint density at radius 2 is 2.12 bits per heavy atom. The number of phenols is 1. The Morgan fingerprint density at radius 3 is 2.94 bits per heavy atom. The van der Waals surface area contributed by atoms with Gasteiger partial charge >= 0.3 is 0 Å². The summed E-state index contributed by atoms with van der Waals surface area (Å²) in [7, 11) is 0. The van der Waals surface area contributed by atoms with E-state index in [1.54, 1.807) is 6.07 Å². The molecular formula is C13H14BrClO. The Kier molecular flexibility index (Phi) is 2.67. The first-order chi connectivity index (χ1) is 7.68. The van der Waals surface area contributed by atoms with Gasteiger partial charge in [0.25, 0.3) is 0 Å². The van der Waals surface area contributed by atoms with Crippen LogP contribution in [0.2, 0.25) is 0 Å². The van der Waals surface area contributed by atoms with E-state index in [1.165, 1.54) is 6.42 Å². The molecule has 1 fully saturated rings. The molecule has 86 valence electrons. The van der Waals surface area contributed by atoms with Crippen molar-refractivity contribution in [3.63, 3.8) is 0 Å². The predicted molar refractivity (Wildman–Crippen MR) is 69.5 cm³/mol. The Morgan fingerprint density at radius 1 is 1.31 bits per heavy atom. The molecule has 0 heterocycles. The molecule has 2 aliphatic rings. The maximum atomic E-state index is 10.0. The number of phenolic OH excluding ortho intramolecular Hbond substituents is 1. The fourth-order valence-corrected chi connectivity index (χ4v) is 4.36. The lowest BCUT2D eigenvalue weighted by Gasteiger charge is -2.42. The molecule has 0 aromatic heterocycles. The van der Waals surface area contributed by atoms with E-state index >= 15 is 0 Å². The highest BCUT2D eigenvalue weighted by atomic mass is 79.9. The van der Waals surface area contributed by atoms with Gasteiger partial charge in [-0.05, 0) is 36.8 Å². The summed E-state index contributed by atoms with van der Waals surface area (Å²) < 4.78 is 0. The van der Waals surface area contributed by atoms with Gasteiger partial charge in [0, 0.05) is 16.3 Å². The number of rotatable bonds is 0. The van der Waals surface area contributed by atoms with Crippen molar-refractivity contribution in [1.29, 1.82) is 0 Å². The zero-order chi connectivity index (χ0) is 11.3. The first kappa shape index (κ1) is 10.9. The first-order valence-electron chi connectivity index (χ1n) is 5.78. The van der Waals surface area contributed by atoms with Crippen LogP contribution in [0.25, 0.3) is 0 Å². The molecular weight excluding hydrogens is 287 g/mol. The Hall–Kier alpha value is -0.210. The molecule has 1 saturated carbocycles. The van der Waals surface area contributed by atoms with E-state index in [0.717, 1.165) is 24.0 Å². The van der Waals surface area contributed by atoms with E-state index in [9.17, 15) is 5.11 Å². The average molecular weight is 302 g/mol. The minimum absolute atomic E-state index is 0.0818. The predicted octanol–water partition coefficient (Wildman–Crippen LogP) is 4.33. The Bertz CT molecular complexity index is 420. The highest BCUT2D eigenvalue weighted by Gasteiger charge is 2.41. The van der Waals surface area contributed by atoms with Crippen molar-refractivity contribution >= 4 is 27.5 Å². The third kappa shape index (κ3) is 1.50. The lowest BCUT2D eigenvalue weighted by atomic mass is 9.68. The van der Waals surface area contributed by atoms with E-state index in [0.29, 0.717) is 22.4 Å². The van der Waals surface area contributed by atoms with Gasteiger partial charge in [-0.25, -0.2) is 0 Å². The summed E-state index contributed by atoms with van der Waals surface area (Å²) in [6.07, 6.45) is 3.46. The molecule has 4 unspecified atom stereocenters. The second-order valence-corrected chi connectivity index (χ2v) is 6.52. The topological polar surface area (TPSA) is 20.2 Å². The quantitative estimate of drug-likeness (QED) is 0.707. The van der Waals surface area contributed by atoms with Crippen molar-refractivity contribution in [2.45, 2.75) is 35.4 Å². The first-order valence-corrected chi connectivity index (χ1v) is 7.13. The minimum Gasteiger partial charge on any atom is -0.508 e. The SMILES string of the molecule is Oc1cccc2c1C1CC(CCC1Br)C2Cl. The van der Waals surface area contributed by atoms with Crippen LogP contribution in [0.3, 0.4) is 0 Å². The summed E-state index contributed by atoms with van der Waals surface area (Å²) in [5.74, 6) is 1.43. The van der Waals surface area contributed by atoms with Crippen LogP contribution in [-0.4, -0.2) is 9.93 Å². The molecule has 2 aliphatic carbocycles. The number of benzene rings is 1. The van der Waals surface area contributed by atoms with Crippen LogP contribution in [0.5, 0.6) is 5.75 Å². The monoisotopic (exact) mass is 300 g/mol. The fraction of sp³-hybridized carbons (Fsp3) is 0.538. The summed E-state index contributed by atoms with van der Waals surface area (Å²) in [4.78, 5) is 0.486. The molecule has 3 rings (SSSR count). The Labute approximate surface area is 109 Å².